The second kappa shape index (κ2) is 43.2. The van der Waals surface area contributed by atoms with Crippen LogP contribution in [0.25, 0.3) is 0 Å². The Morgan fingerprint density at radius 3 is 1.09 bits per heavy atom. The second-order valence-corrected chi connectivity index (χ2v) is 29.8. The van der Waals surface area contributed by atoms with E-state index in [0.717, 1.165) is 83.8 Å². The molecule has 14 nitrogen and oxygen atoms in total. The molecule has 0 saturated carbocycles. The van der Waals surface area contributed by atoms with E-state index in [1.54, 1.807) is 0 Å². The van der Waals surface area contributed by atoms with E-state index in [2.05, 4.69) is 158 Å². The number of carbonyl (C=O) groups is 2. The van der Waals surface area contributed by atoms with Gasteiger partial charge in [0.15, 0.2) is 12.6 Å². The van der Waals surface area contributed by atoms with Crippen molar-refractivity contribution in [2.75, 3.05) is 13.2 Å². The molecule has 2 unspecified atom stereocenters. The molecule has 2 aliphatic heterocycles. The van der Waals surface area contributed by atoms with Gasteiger partial charge in [0.2, 0.25) is 0 Å². The van der Waals surface area contributed by atoms with Crippen molar-refractivity contribution in [2.45, 2.75) is 325 Å². The van der Waals surface area contributed by atoms with Crippen molar-refractivity contribution in [3.8, 4) is 0 Å². The summed E-state index contributed by atoms with van der Waals surface area (Å²) in [5.41, 5.74) is 8.58. The Bertz CT molecular complexity index is 2620. The second-order valence-electron chi connectivity index (χ2n) is 29.8. The first-order valence-corrected chi connectivity index (χ1v) is 36.1. The highest BCUT2D eigenvalue weighted by atomic mass is 16.7. The molecule has 0 amide bonds. The van der Waals surface area contributed by atoms with Gasteiger partial charge in [-0.05, 0) is 114 Å². The summed E-state index contributed by atoms with van der Waals surface area (Å²) < 4.78 is 35.6. The molecule has 2 aliphatic carbocycles. The zero-order valence-corrected chi connectivity index (χ0v) is 60.5. The van der Waals surface area contributed by atoms with Crippen LogP contribution in [0.5, 0.6) is 0 Å². The number of unbranched alkanes of at least 4 members (excludes halogenated alkanes) is 14. The Morgan fingerprint density at radius 2 is 0.755 bits per heavy atom. The third kappa shape index (κ3) is 30.6. The number of esters is 2. The molecule has 2 fully saturated rings. The van der Waals surface area contributed by atoms with Gasteiger partial charge in [-0.2, -0.15) is 0 Å². The van der Waals surface area contributed by atoms with Crippen LogP contribution in [0.2, 0.25) is 0 Å². The van der Waals surface area contributed by atoms with Crippen LogP contribution in [0.1, 0.15) is 251 Å². The summed E-state index contributed by atoms with van der Waals surface area (Å²) in [6.07, 6.45) is 39.0. The predicted molar refractivity (Wildman–Crippen MR) is 379 cm³/mol. The van der Waals surface area contributed by atoms with Gasteiger partial charge in [0.25, 0.3) is 0 Å². The van der Waals surface area contributed by atoms with Crippen molar-refractivity contribution in [3.63, 3.8) is 0 Å². The van der Waals surface area contributed by atoms with Crippen molar-refractivity contribution in [1.29, 1.82) is 0 Å². The molecule has 0 bridgehead atoms. The number of hydrogen-bond donors (Lipinski definition) is 6. The summed E-state index contributed by atoms with van der Waals surface area (Å²) in [6, 6.07) is 0. The zero-order chi connectivity index (χ0) is 69.4. The summed E-state index contributed by atoms with van der Waals surface area (Å²) in [7, 11) is 0. The van der Waals surface area contributed by atoms with Crippen LogP contribution < -0.4 is 0 Å². The zero-order valence-electron chi connectivity index (χ0n) is 60.5. The molecule has 0 spiro atoms. The van der Waals surface area contributed by atoms with Crippen molar-refractivity contribution in [3.05, 3.63) is 130 Å². The predicted octanol–water partition coefficient (Wildman–Crippen LogP) is 16.4. The minimum atomic E-state index is -1.52. The van der Waals surface area contributed by atoms with Gasteiger partial charge >= 0.3 is 11.9 Å². The molecule has 2 heterocycles. The summed E-state index contributed by atoms with van der Waals surface area (Å²) in [4.78, 5) is 25.2. The molecule has 532 valence electrons. The first-order valence-electron chi connectivity index (χ1n) is 36.1. The fraction of sp³-hybridized carbons (Fsp3) is 0.700. The lowest BCUT2D eigenvalue weighted by molar-refractivity contribution is -0.313. The average molecular weight is 1310 g/mol. The average Bonchev–Trinajstić information content (AvgIpc) is 0.800. The van der Waals surface area contributed by atoms with E-state index < -0.39 is 61.4 Å². The normalized spacial score (nSPS) is 27.7. The van der Waals surface area contributed by atoms with E-state index in [9.17, 15) is 40.2 Å². The van der Waals surface area contributed by atoms with E-state index in [0.29, 0.717) is 25.7 Å². The topological polar surface area (TPSA) is 211 Å². The molecule has 2 saturated heterocycles. The Labute approximate surface area is 568 Å². The van der Waals surface area contributed by atoms with Gasteiger partial charge in [-0.1, -0.05) is 277 Å². The number of carbonyl (C=O) groups excluding carboxylic acids is 2. The standard InChI is InChI=1S/C80H128O14/c1-55(2)35-27-23-19-16-15-17-21-25-29-43-69(81)89-53-67-71(83)73(85)75(87)77(93-67)91-63-49-61(9)65(79(11,12)51-63)47-45-59(7)41-33-39-57(5)37-31-32-38-58(6)40-34-42-60(8)46-48-66-62(10)50-64(52-80(66,13)14)92-78-76(88)74(86)72(84)68(94-78)54-90-70(82)44-30-26-22-18-20-24-28-36-56(3)4/h31-34,37-42,45-48,55-56,63-64,67-68,71-78,83-88H,15-30,35-36,43-44,49-54H2,1-14H3/b32-31+,39-33+,40-34+,47-45+,48-46+,57-37+,58-38+,59-41+,60-42+/t63-,64-,67-,68-,71-,72-,73+,74+,75-,76-,77?,78?/m1/s1. The van der Waals surface area contributed by atoms with Gasteiger partial charge in [-0.3, -0.25) is 9.59 Å². The number of rotatable bonds is 40. The molecule has 0 aromatic rings. The van der Waals surface area contributed by atoms with Crippen molar-refractivity contribution >= 4 is 11.9 Å². The lowest BCUT2D eigenvalue weighted by Crippen LogP contribution is -2.60. The molecule has 0 radical (unpaired) electrons. The number of aliphatic hydroxyl groups is 6. The monoisotopic (exact) mass is 1310 g/mol. The van der Waals surface area contributed by atoms with E-state index in [4.69, 9.17) is 28.4 Å². The maximum atomic E-state index is 12.6. The van der Waals surface area contributed by atoms with Crippen LogP contribution in [0.15, 0.2) is 130 Å². The molecule has 0 aromatic carbocycles. The van der Waals surface area contributed by atoms with Crippen molar-refractivity contribution < 1.29 is 68.6 Å². The van der Waals surface area contributed by atoms with Gasteiger partial charge < -0.3 is 59.1 Å². The molecular formula is C80H128O14. The Hall–Kier alpha value is -4.32. The maximum absolute atomic E-state index is 12.6. The van der Waals surface area contributed by atoms with Crippen LogP contribution in [-0.4, -0.2) is 129 Å². The quantitative estimate of drug-likeness (QED) is 0.0192. The number of allylic oxidation sites excluding steroid dienone is 20. The smallest absolute Gasteiger partial charge is 0.305 e. The van der Waals surface area contributed by atoms with Gasteiger partial charge in [-0.15, -0.1) is 0 Å². The Kier molecular flexibility index (Phi) is 37.7. The van der Waals surface area contributed by atoms with E-state index >= 15 is 0 Å². The van der Waals surface area contributed by atoms with Crippen LogP contribution in [-0.2, 0) is 38.0 Å². The van der Waals surface area contributed by atoms with Crippen LogP contribution in [0.4, 0.5) is 0 Å². The largest absolute Gasteiger partial charge is 0.463 e. The number of ether oxygens (including phenoxy) is 6. The molecule has 12 atom stereocenters. The third-order valence-corrected chi connectivity index (χ3v) is 18.8. The Balaban J connectivity index is 1.18. The highest BCUT2D eigenvalue weighted by molar-refractivity contribution is 5.69. The number of hydrogen-bond acceptors (Lipinski definition) is 14. The lowest BCUT2D eigenvalue weighted by Gasteiger charge is -2.43. The van der Waals surface area contributed by atoms with E-state index in [-0.39, 0.29) is 61.0 Å². The maximum Gasteiger partial charge on any atom is 0.305 e. The van der Waals surface area contributed by atoms with Crippen LogP contribution in [0, 0.1) is 22.7 Å². The van der Waals surface area contributed by atoms with Gasteiger partial charge in [-0.25, -0.2) is 0 Å². The molecule has 4 rings (SSSR count). The summed E-state index contributed by atoms with van der Waals surface area (Å²) >= 11 is 0. The fourth-order valence-corrected chi connectivity index (χ4v) is 13.2. The first kappa shape index (κ1) is 82.1. The summed E-state index contributed by atoms with van der Waals surface area (Å²) in [5, 5.41) is 64.9. The highest BCUT2D eigenvalue weighted by Gasteiger charge is 2.48. The molecular weight excluding hydrogens is 1180 g/mol. The molecule has 4 aliphatic rings. The number of aliphatic hydroxyl groups excluding tert-OH is 6. The van der Waals surface area contributed by atoms with E-state index in [1.165, 1.54) is 88.2 Å². The molecule has 6 N–H and O–H groups in total. The minimum Gasteiger partial charge on any atom is -0.463 e. The van der Waals surface area contributed by atoms with Gasteiger partial charge in [0, 0.05) is 12.8 Å². The molecule has 0 aromatic heterocycles. The first-order chi connectivity index (χ1) is 44.6. The minimum absolute atomic E-state index is 0.237. The van der Waals surface area contributed by atoms with Crippen molar-refractivity contribution in [2.24, 2.45) is 22.7 Å². The van der Waals surface area contributed by atoms with Crippen LogP contribution >= 0.6 is 0 Å². The van der Waals surface area contributed by atoms with Gasteiger partial charge in [0.1, 0.15) is 62.0 Å². The SMILES string of the molecule is CC1=C(/C=C/C(C)=C/C=C/C(C)=C/C=C/C=C(C)/C=C/C=C(C)/C=C/C2=C(C)C[C@@H](OC3O[C@H](COC(=O)CCCCCCCCCC(C)C)[C@@H](O)[C@H](O)[C@H]3O)CC2(C)C)C(C)(C)C[C@H](OC2O[C@H](COC(=O)CCCCCCCCCCCC(C)C)[C@@H](O)[C@H](O)[C@H]2O)C1. The molecule has 14 heteroatoms. The third-order valence-electron chi connectivity index (χ3n) is 18.8. The van der Waals surface area contributed by atoms with Crippen molar-refractivity contribution in [1.82, 2.24) is 0 Å². The summed E-state index contributed by atoms with van der Waals surface area (Å²) in [5.74, 6) is 0.788. The van der Waals surface area contributed by atoms with Crippen LogP contribution in [0.3, 0.4) is 0 Å². The Morgan fingerprint density at radius 1 is 0.447 bits per heavy atom. The van der Waals surface area contributed by atoms with Gasteiger partial charge in [0.05, 0.1) is 12.2 Å². The van der Waals surface area contributed by atoms with E-state index in [1.807, 2.05) is 24.3 Å². The molecule has 94 heavy (non-hydrogen) atoms. The summed E-state index contributed by atoms with van der Waals surface area (Å²) in [6.45, 7) is 29.7. The highest BCUT2D eigenvalue weighted by Crippen LogP contribution is 2.45. The fourth-order valence-electron chi connectivity index (χ4n) is 13.2. The lowest BCUT2D eigenvalue weighted by atomic mass is 9.71.